The van der Waals surface area contributed by atoms with Crippen LogP contribution < -0.4 is 5.32 Å². The smallest absolute Gasteiger partial charge is 0.317 e. The molecule has 0 bridgehead atoms. The molecule has 0 saturated carbocycles. The number of hydrogen-bond acceptors (Lipinski definition) is 4. The standard InChI is InChI=1S/C15H18N2O2S2/c1-11-7-17(8-14(19-11)13-3-5-21-10-13)15(18)16-6-12-2-4-20-9-12/h2-5,9-11,14H,6-8H2,1H3,(H,16,18). The molecule has 112 valence electrons. The summed E-state index contributed by atoms with van der Waals surface area (Å²) in [5.74, 6) is 0. The Morgan fingerprint density at radius 1 is 1.33 bits per heavy atom. The van der Waals surface area contributed by atoms with Crippen molar-refractivity contribution in [1.29, 1.82) is 0 Å². The van der Waals surface area contributed by atoms with Crippen molar-refractivity contribution in [2.45, 2.75) is 25.7 Å². The second kappa shape index (κ2) is 6.60. The van der Waals surface area contributed by atoms with E-state index in [1.165, 1.54) is 0 Å². The minimum absolute atomic E-state index is 0.0171. The van der Waals surface area contributed by atoms with E-state index in [0.717, 1.165) is 11.1 Å². The van der Waals surface area contributed by atoms with Crippen molar-refractivity contribution in [2.24, 2.45) is 0 Å². The molecular weight excluding hydrogens is 304 g/mol. The van der Waals surface area contributed by atoms with Gasteiger partial charge in [-0.3, -0.25) is 0 Å². The fraction of sp³-hybridized carbons (Fsp3) is 0.400. The number of nitrogens with one attached hydrogen (secondary N) is 1. The van der Waals surface area contributed by atoms with Gasteiger partial charge in [0.2, 0.25) is 0 Å². The largest absolute Gasteiger partial charge is 0.367 e. The molecule has 2 unspecified atom stereocenters. The van der Waals surface area contributed by atoms with Crippen LogP contribution in [0.5, 0.6) is 0 Å². The Bertz CT molecular complexity index is 569. The zero-order valence-corrected chi connectivity index (χ0v) is 13.5. The lowest BCUT2D eigenvalue weighted by Crippen LogP contribution is -2.49. The third-order valence-electron chi connectivity index (χ3n) is 3.49. The Morgan fingerprint density at radius 2 is 2.14 bits per heavy atom. The van der Waals surface area contributed by atoms with Gasteiger partial charge in [0.25, 0.3) is 0 Å². The van der Waals surface area contributed by atoms with Gasteiger partial charge < -0.3 is 15.0 Å². The van der Waals surface area contributed by atoms with Crippen LogP contribution in [0, 0.1) is 0 Å². The van der Waals surface area contributed by atoms with Crippen LogP contribution in [0.15, 0.2) is 33.7 Å². The van der Waals surface area contributed by atoms with Crippen molar-refractivity contribution in [1.82, 2.24) is 10.2 Å². The van der Waals surface area contributed by atoms with E-state index in [1.807, 2.05) is 28.7 Å². The number of rotatable bonds is 3. The number of carbonyl (C=O) groups excluding carboxylic acids is 1. The fourth-order valence-corrected chi connectivity index (χ4v) is 3.81. The first-order chi connectivity index (χ1) is 10.2. The molecule has 4 nitrogen and oxygen atoms in total. The van der Waals surface area contributed by atoms with E-state index in [9.17, 15) is 4.79 Å². The monoisotopic (exact) mass is 322 g/mol. The number of nitrogens with zero attached hydrogens (tertiary/aromatic N) is 1. The van der Waals surface area contributed by atoms with E-state index in [-0.39, 0.29) is 18.2 Å². The van der Waals surface area contributed by atoms with Crippen LogP contribution in [0.1, 0.15) is 24.2 Å². The zero-order valence-electron chi connectivity index (χ0n) is 11.8. The maximum atomic E-state index is 12.3. The van der Waals surface area contributed by atoms with E-state index in [1.54, 1.807) is 22.7 Å². The van der Waals surface area contributed by atoms with Crippen LogP contribution in [0.3, 0.4) is 0 Å². The molecule has 0 radical (unpaired) electrons. The molecule has 21 heavy (non-hydrogen) atoms. The molecule has 0 spiro atoms. The summed E-state index contributed by atoms with van der Waals surface area (Å²) in [6.45, 7) is 3.83. The number of hydrogen-bond donors (Lipinski definition) is 1. The molecule has 1 aliphatic rings. The van der Waals surface area contributed by atoms with Gasteiger partial charge >= 0.3 is 6.03 Å². The minimum atomic E-state index is -0.0214. The molecule has 1 saturated heterocycles. The van der Waals surface area contributed by atoms with Gasteiger partial charge in [-0.05, 0) is 51.7 Å². The summed E-state index contributed by atoms with van der Waals surface area (Å²) in [4.78, 5) is 14.2. The van der Waals surface area contributed by atoms with E-state index < -0.39 is 0 Å². The highest BCUT2D eigenvalue weighted by molar-refractivity contribution is 7.08. The Kier molecular flexibility index (Phi) is 4.57. The molecule has 1 fully saturated rings. The van der Waals surface area contributed by atoms with Gasteiger partial charge in [-0.15, -0.1) is 0 Å². The molecule has 2 amide bonds. The maximum absolute atomic E-state index is 12.3. The molecule has 3 heterocycles. The Morgan fingerprint density at radius 3 is 2.86 bits per heavy atom. The van der Waals surface area contributed by atoms with Crippen LogP contribution in [0.2, 0.25) is 0 Å². The molecular formula is C15H18N2O2S2. The Labute approximate surface area is 132 Å². The van der Waals surface area contributed by atoms with E-state index in [2.05, 4.69) is 22.1 Å². The number of carbonyl (C=O) groups is 1. The van der Waals surface area contributed by atoms with E-state index >= 15 is 0 Å². The second-order valence-electron chi connectivity index (χ2n) is 5.19. The summed E-state index contributed by atoms with van der Waals surface area (Å²) in [6.07, 6.45) is 0.0300. The highest BCUT2D eigenvalue weighted by Crippen LogP contribution is 2.26. The quantitative estimate of drug-likeness (QED) is 0.940. The number of amides is 2. The summed E-state index contributed by atoms with van der Waals surface area (Å²) < 4.78 is 5.95. The van der Waals surface area contributed by atoms with Crippen LogP contribution >= 0.6 is 22.7 Å². The van der Waals surface area contributed by atoms with Crippen molar-refractivity contribution in [3.05, 3.63) is 44.8 Å². The minimum Gasteiger partial charge on any atom is -0.367 e. The van der Waals surface area contributed by atoms with Gasteiger partial charge in [0.05, 0.1) is 12.6 Å². The summed E-state index contributed by atoms with van der Waals surface area (Å²) in [7, 11) is 0. The van der Waals surface area contributed by atoms with Crippen molar-refractivity contribution in [2.75, 3.05) is 13.1 Å². The van der Waals surface area contributed by atoms with Crippen LogP contribution in [-0.2, 0) is 11.3 Å². The van der Waals surface area contributed by atoms with Crippen LogP contribution in [0.4, 0.5) is 4.79 Å². The lowest BCUT2D eigenvalue weighted by Gasteiger charge is -2.36. The average Bonchev–Trinajstić information content (AvgIpc) is 3.17. The van der Waals surface area contributed by atoms with Gasteiger partial charge in [-0.25, -0.2) is 4.79 Å². The molecule has 2 atom stereocenters. The van der Waals surface area contributed by atoms with Gasteiger partial charge in [-0.1, -0.05) is 0 Å². The van der Waals surface area contributed by atoms with Gasteiger partial charge in [-0.2, -0.15) is 22.7 Å². The molecule has 2 aromatic heterocycles. The number of urea groups is 1. The predicted octanol–water partition coefficient (Wildman–Crippen LogP) is 3.48. The summed E-state index contributed by atoms with van der Waals surface area (Å²) in [5, 5.41) is 11.2. The lowest BCUT2D eigenvalue weighted by molar-refractivity contribution is -0.0655. The van der Waals surface area contributed by atoms with Crippen molar-refractivity contribution in [3.63, 3.8) is 0 Å². The van der Waals surface area contributed by atoms with Gasteiger partial charge in [0.1, 0.15) is 6.10 Å². The van der Waals surface area contributed by atoms with Crippen molar-refractivity contribution in [3.8, 4) is 0 Å². The normalized spacial score (nSPS) is 22.2. The van der Waals surface area contributed by atoms with Crippen molar-refractivity contribution >= 4 is 28.7 Å². The number of thiophene rings is 2. The topological polar surface area (TPSA) is 41.6 Å². The SMILES string of the molecule is CC1CN(C(=O)NCc2ccsc2)CC(c2ccsc2)O1. The molecule has 0 aromatic carbocycles. The summed E-state index contributed by atoms with van der Waals surface area (Å²) in [5.41, 5.74) is 2.30. The molecule has 0 aliphatic carbocycles. The fourth-order valence-electron chi connectivity index (χ4n) is 2.44. The van der Waals surface area contributed by atoms with Crippen LogP contribution in [0.25, 0.3) is 0 Å². The first kappa shape index (κ1) is 14.6. The Balaban J connectivity index is 1.60. The van der Waals surface area contributed by atoms with E-state index in [0.29, 0.717) is 19.6 Å². The molecule has 3 rings (SSSR count). The Hall–Kier alpha value is -1.37. The lowest BCUT2D eigenvalue weighted by atomic mass is 10.1. The van der Waals surface area contributed by atoms with Crippen molar-refractivity contribution < 1.29 is 9.53 Å². The first-order valence-corrected chi connectivity index (χ1v) is 8.82. The van der Waals surface area contributed by atoms with Crippen LogP contribution in [-0.4, -0.2) is 30.1 Å². The predicted molar refractivity (Wildman–Crippen MR) is 85.7 cm³/mol. The number of ether oxygens (including phenoxy) is 1. The van der Waals surface area contributed by atoms with Gasteiger partial charge in [0.15, 0.2) is 0 Å². The average molecular weight is 322 g/mol. The summed E-state index contributed by atoms with van der Waals surface area (Å²) >= 11 is 3.30. The third kappa shape index (κ3) is 3.64. The van der Waals surface area contributed by atoms with Gasteiger partial charge in [0, 0.05) is 13.1 Å². The number of morpholine rings is 1. The molecule has 1 aliphatic heterocycles. The maximum Gasteiger partial charge on any atom is 0.317 e. The highest BCUT2D eigenvalue weighted by atomic mass is 32.1. The summed E-state index contributed by atoms with van der Waals surface area (Å²) in [6, 6.07) is 4.08. The van der Waals surface area contributed by atoms with E-state index in [4.69, 9.17) is 4.74 Å². The highest BCUT2D eigenvalue weighted by Gasteiger charge is 2.29. The first-order valence-electron chi connectivity index (χ1n) is 6.94. The molecule has 2 aromatic rings. The third-order valence-corrected chi connectivity index (χ3v) is 4.92. The molecule has 1 N–H and O–H groups in total. The molecule has 6 heteroatoms. The zero-order chi connectivity index (χ0) is 14.7. The second-order valence-corrected chi connectivity index (χ2v) is 6.75.